The molecule has 0 radical (unpaired) electrons. The smallest absolute Gasteiger partial charge is 0.218 e. The Morgan fingerprint density at radius 3 is 2.67 bits per heavy atom. The van der Waals surface area contributed by atoms with Crippen LogP contribution in [0.1, 0.15) is 31.1 Å². The van der Waals surface area contributed by atoms with Gasteiger partial charge in [-0.05, 0) is 31.4 Å². The number of hydrogen-bond acceptors (Lipinski definition) is 5. The second-order valence-corrected chi connectivity index (χ2v) is 5.28. The number of rotatable bonds is 4. The molecule has 3 heterocycles. The van der Waals surface area contributed by atoms with Crippen molar-refractivity contribution in [3.05, 3.63) is 36.2 Å². The first-order valence-corrected chi connectivity index (χ1v) is 7.30. The first kappa shape index (κ1) is 12.8. The second kappa shape index (κ2) is 5.46. The van der Waals surface area contributed by atoms with Gasteiger partial charge < -0.3 is 14.2 Å². The fourth-order valence-corrected chi connectivity index (χ4v) is 2.43. The van der Waals surface area contributed by atoms with Crippen LogP contribution < -0.4 is 4.74 Å². The molecule has 0 amide bonds. The van der Waals surface area contributed by atoms with E-state index >= 15 is 0 Å². The van der Waals surface area contributed by atoms with Crippen molar-refractivity contribution in [2.24, 2.45) is 0 Å². The highest BCUT2D eigenvalue weighted by molar-refractivity contribution is 5.30. The molecule has 1 saturated heterocycles. The number of nitrogens with zero attached hydrogens (tertiary/aromatic N) is 3. The third-order valence-electron chi connectivity index (χ3n) is 3.83. The molecule has 2 aromatic rings. The zero-order chi connectivity index (χ0) is 14.1. The summed E-state index contributed by atoms with van der Waals surface area (Å²) < 4.78 is 18.6. The second-order valence-electron chi connectivity index (χ2n) is 5.28. The van der Waals surface area contributed by atoms with Gasteiger partial charge in [0.2, 0.25) is 5.88 Å². The van der Waals surface area contributed by atoms with Gasteiger partial charge in [0.25, 0.3) is 0 Å². The molecule has 0 spiro atoms. The Balaban J connectivity index is 1.54. The zero-order valence-corrected chi connectivity index (χ0v) is 11.6. The maximum Gasteiger partial charge on any atom is 0.218 e. The minimum Gasteiger partial charge on any atom is -0.474 e. The standard InChI is InChI=1S/C15H17N3O3/c1-2-12(3-1)21-14-6-7-17-18(14)13-5-4-11(10-16-13)15-19-8-9-20-15/h4-7,10,12,15H,1-3,8-9H2. The van der Waals surface area contributed by atoms with Gasteiger partial charge in [-0.2, -0.15) is 9.78 Å². The van der Waals surface area contributed by atoms with Crippen molar-refractivity contribution < 1.29 is 14.2 Å². The van der Waals surface area contributed by atoms with E-state index in [1.807, 2.05) is 18.2 Å². The molecule has 2 aromatic heterocycles. The molecule has 0 atom stereocenters. The quantitative estimate of drug-likeness (QED) is 0.863. The molecular weight excluding hydrogens is 270 g/mol. The van der Waals surface area contributed by atoms with E-state index in [0.717, 1.165) is 30.1 Å². The fourth-order valence-electron chi connectivity index (χ4n) is 2.43. The number of hydrogen-bond donors (Lipinski definition) is 0. The Bertz CT molecular complexity index is 601. The molecule has 6 nitrogen and oxygen atoms in total. The Morgan fingerprint density at radius 2 is 2.00 bits per heavy atom. The van der Waals surface area contributed by atoms with Crippen molar-refractivity contribution in [1.82, 2.24) is 14.8 Å². The van der Waals surface area contributed by atoms with Crippen molar-refractivity contribution in [1.29, 1.82) is 0 Å². The summed E-state index contributed by atoms with van der Waals surface area (Å²) in [5.41, 5.74) is 0.921. The predicted molar refractivity (Wildman–Crippen MR) is 74.3 cm³/mol. The third kappa shape index (κ3) is 2.52. The SMILES string of the molecule is c1cc(OC2CCC2)n(-c2ccc(C3OCCO3)cn2)n1. The molecule has 110 valence electrons. The molecule has 0 N–H and O–H groups in total. The average Bonchev–Trinajstić information content (AvgIpc) is 3.14. The molecule has 6 heteroatoms. The minimum atomic E-state index is -0.296. The van der Waals surface area contributed by atoms with E-state index in [1.165, 1.54) is 6.42 Å². The molecule has 21 heavy (non-hydrogen) atoms. The molecule has 0 aromatic carbocycles. The minimum absolute atomic E-state index is 0.296. The van der Waals surface area contributed by atoms with Crippen LogP contribution in [0.4, 0.5) is 0 Å². The number of ether oxygens (including phenoxy) is 3. The van der Waals surface area contributed by atoms with Gasteiger partial charge in [0.1, 0.15) is 6.10 Å². The first-order chi connectivity index (χ1) is 10.4. The lowest BCUT2D eigenvalue weighted by Crippen LogP contribution is -2.25. The van der Waals surface area contributed by atoms with Crippen LogP contribution in [0.3, 0.4) is 0 Å². The van der Waals surface area contributed by atoms with Crippen LogP contribution in [0.5, 0.6) is 5.88 Å². The van der Waals surface area contributed by atoms with Gasteiger partial charge in [-0.1, -0.05) is 0 Å². The maximum atomic E-state index is 5.92. The van der Waals surface area contributed by atoms with Gasteiger partial charge in [0, 0.05) is 17.8 Å². The summed E-state index contributed by atoms with van der Waals surface area (Å²) in [7, 11) is 0. The predicted octanol–water partition coefficient (Wildman–Crippen LogP) is 2.24. The largest absolute Gasteiger partial charge is 0.474 e. The number of pyridine rings is 1. The van der Waals surface area contributed by atoms with Crippen LogP contribution in [-0.4, -0.2) is 34.1 Å². The summed E-state index contributed by atoms with van der Waals surface area (Å²) in [6.45, 7) is 1.26. The third-order valence-corrected chi connectivity index (χ3v) is 3.83. The normalized spacial score (nSPS) is 19.6. The van der Waals surface area contributed by atoms with E-state index in [-0.39, 0.29) is 6.29 Å². The molecule has 1 aliphatic carbocycles. The highest BCUT2D eigenvalue weighted by Crippen LogP contribution is 2.27. The Morgan fingerprint density at radius 1 is 1.14 bits per heavy atom. The lowest BCUT2D eigenvalue weighted by molar-refractivity contribution is -0.0443. The molecule has 1 saturated carbocycles. The van der Waals surface area contributed by atoms with Crippen LogP contribution >= 0.6 is 0 Å². The summed E-state index contributed by atoms with van der Waals surface area (Å²) in [5, 5.41) is 4.29. The highest BCUT2D eigenvalue weighted by atomic mass is 16.7. The van der Waals surface area contributed by atoms with Gasteiger partial charge in [-0.3, -0.25) is 0 Å². The van der Waals surface area contributed by atoms with Crippen LogP contribution in [-0.2, 0) is 9.47 Å². The van der Waals surface area contributed by atoms with E-state index in [1.54, 1.807) is 17.1 Å². The van der Waals surface area contributed by atoms with Gasteiger partial charge in [0.05, 0.1) is 19.4 Å². The van der Waals surface area contributed by atoms with Gasteiger partial charge in [-0.15, -0.1) is 0 Å². The highest BCUT2D eigenvalue weighted by Gasteiger charge is 2.22. The van der Waals surface area contributed by atoms with Crippen LogP contribution in [0.2, 0.25) is 0 Å². The average molecular weight is 287 g/mol. The van der Waals surface area contributed by atoms with Crippen molar-refractivity contribution in [2.75, 3.05) is 13.2 Å². The van der Waals surface area contributed by atoms with E-state index in [0.29, 0.717) is 19.3 Å². The van der Waals surface area contributed by atoms with Gasteiger partial charge in [0.15, 0.2) is 12.1 Å². The van der Waals surface area contributed by atoms with Crippen LogP contribution in [0.15, 0.2) is 30.6 Å². The van der Waals surface area contributed by atoms with Crippen molar-refractivity contribution in [3.63, 3.8) is 0 Å². The molecule has 2 fully saturated rings. The summed E-state index contributed by atoms with van der Waals surface area (Å²) in [4.78, 5) is 4.44. The van der Waals surface area contributed by atoms with Crippen molar-refractivity contribution in [2.45, 2.75) is 31.7 Å². The summed E-state index contributed by atoms with van der Waals surface area (Å²) in [6.07, 6.45) is 7.00. The molecule has 2 aliphatic rings. The first-order valence-electron chi connectivity index (χ1n) is 7.30. The van der Waals surface area contributed by atoms with Gasteiger partial charge in [-0.25, -0.2) is 4.98 Å². The molecular formula is C15H17N3O3. The van der Waals surface area contributed by atoms with E-state index in [2.05, 4.69) is 10.1 Å². The lowest BCUT2D eigenvalue weighted by atomic mass is 9.96. The molecule has 1 aliphatic heterocycles. The van der Waals surface area contributed by atoms with Gasteiger partial charge >= 0.3 is 0 Å². The molecule has 4 rings (SSSR count). The van der Waals surface area contributed by atoms with Crippen molar-refractivity contribution in [3.8, 4) is 11.7 Å². The lowest BCUT2D eigenvalue weighted by Gasteiger charge is -2.26. The Labute approximate surface area is 122 Å². The van der Waals surface area contributed by atoms with Crippen molar-refractivity contribution >= 4 is 0 Å². The summed E-state index contributed by atoms with van der Waals surface area (Å²) >= 11 is 0. The fraction of sp³-hybridized carbons (Fsp3) is 0.467. The maximum absolute atomic E-state index is 5.92. The summed E-state index contributed by atoms with van der Waals surface area (Å²) in [6, 6.07) is 5.73. The van der Waals surface area contributed by atoms with E-state index < -0.39 is 0 Å². The molecule has 0 unspecified atom stereocenters. The zero-order valence-electron chi connectivity index (χ0n) is 11.6. The topological polar surface area (TPSA) is 58.4 Å². The Hall–Kier alpha value is -1.92. The van der Waals surface area contributed by atoms with Crippen LogP contribution in [0.25, 0.3) is 5.82 Å². The number of aromatic nitrogens is 3. The molecule has 0 bridgehead atoms. The monoisotopic (exact) mass is 287 g/mol. The van der Waals surface area contributed by atoms with E-state index in [4.69, 9.17) is 14.2 Å². The van der Waals surface area contributed by atoms with Crippen LogP contribution in [0, 0.1) is 0 Å². The summed E-state index contributed by atoms with van der Waals surface area (Å²) in [5.74, 6) is 1.48. The van der Waals surface area contributed by atoms with E-state index in [9.17, 15) is 0 Å². The Kier molecular flexibility index (Phi) is 3.33.